The normalized spacial score (nSPS) is 12.1. The molecule has 10 aromatic rings. The van der Waals surface area contributed by atoms with E-state index in [4.69, 9.17) is 9.97 Å². The highest BCUT2D eigenvalue weighted by atomic mass is 32.1. The van der Waals surface area contributed by atoms with Crippen LogP contribution in [0.4, 0.5) is 0 Å². The molecule has 10 rings (SSSR count). The summed E-state index contributed by atoms with van der Waals surface area (Å²) in [5.41, 5.74) is 10.1. The number of fused-ring (bicyclic) bond motifs is 13. The molecule has 204 valence electrons. The molecule has 0 radical (unpaired) electrons. The fourth-order valence-electron chi connectivity index (χ4n) is 7.01. The summed E-state index contributed by atoms with van der Waals surface area (Å²) in [4.78, 5) is 9.99. The molecule has 0 aliphatic carbocycles. The van der Waals surface area contributed by atoms with Gasteiger partial charge in [-0.15, -0.1) is 11.3 Å². The molecule has 4 heterocycles. The Balaban J connectivity index is 1.25. The molecule has 0 aliphatic heterocycles. The smallest absolute Gasteiger partial charge is 0.146 e. The van der Waals surface area contributed by atoms with Crippen LogP contribution in [0.2, 0.25) is 0 Å². The van der Waals surface area contributed by atoms with E-state index in [1.165, 1.54) is 47.8 Å². The van der Waals surface area contributed by atoms with Gasteiger partial charge in [0.2, 0.25) is 0 Å². The van der Waals surface area contributed by atoms with Gasteiger partial charge in [-0.05, 0) is 70.8 Å². The van der Waals surface area contributed by atoms with Crippen LogP contribution in [0.15, 0.2) is 140 Å². The van der Waals surface area contributed by atoms with Crippen LogP contribution in [0, 0.1) is 0 Å². The molecule has 0 amide bonds. The quantitative estimate of drug-likeness (QED) is 0.191. The largest absolute Gasteiger partial charge is 0.292 e. The molecule has 0 spiro atoms. The average Bonchev–Trinajstić information content (AvgIpc) is 3.67. The van der Waals surface area contributed by atoms with E-state index < -0.39 is 0 Å². The summed E-state index contributed by atoms with van der Waals surface area (Å²) in [5.74, 6) is 0. The Hall–Kier alpha value is -5.58. The highest BCUT2D eigenvalue weighted by molar-refractivity contribution is 7.26. The van der Waals surface area contributed by atoms with Crippen molar-refractivity contribution in [3.63, 3.8) is 0 Å². The Kier molecular flexibility index (Phi) is 4.87. The Morgan fingerprint density at radius 1 is 0.545 bits per heavy atom. The minimum absolute atomic E-state index is 0.965. The summed E-state index contributed by atoms with van der Waals surface area (Å²) in [7, 11) is 0. The highest BCUT2D eigenvalue weighted by Crippen LogP contribution is 2.41. The second-order valence-corrected chi connectivity index (χ2v) is 12.5. The Morgan fingerprint density at radius 2 is 1.39 bits per heavy atom. The van der Waals surface area contributed by atoms with Crippen molar-refractivity contribution in [1.82, 2.24) is 14.4 Å². The number of hydrogen-bond acceptors (Lipinski definition) is 3. The van der Waals surface area contributed by atoms with Gasteiger partial charge in [-0.2, -0.15) is 0 Å². The number of benzene rings is 6. The number of pyridine rings is 2. The van der Waals surface area contributed by atoms with E-state index in [1.54, 1.807) is 0 Å². The first-order chi connectivity index (χ1) is 21.8. The molecule has 3 nitrogen and oxygen atoms in total. The summed E-state index contributed by atoms with van der Waals surface area (Å²) in [5, 5.41) is 7.21. The number of rotatable bonds is 2. The lowest BCUT2D eigenvalue weighted by atomic mass is 9.95. The van der Waals surface area contributed by atoms with Gasteiger partial charge in [-0.25, -0.2) is 4.98 Å². The van der Waals surface area contributed by atoms with Crippen LogP contribution in [0.25, 0.3) is 91.7 Å². The van der Waals surface area contributed by atoms with Crippen molar-refractivity contribution < 1.29 is 0 Å². The Morgan fingerprint density at radius 3 is 2.39 bits per heavy atom. The first-order valence-electron chi connectivity index (χ1n) is 14.8. The van der Waals surface area contributed by atoms with Crippen molar-refractivity contribution >= 4 is 80.8 Å². The average molecular weight is 578 g/mol. The molecular weight excluding hydrogens is 555 g/mol. The molecule has 6 aromatic carbocycles. The van der Waals surface area contributed by atoms with Gasteiger partial charge in [0.15, 0.2) is 0 Å². The van der Waals surface area contributed by atoms with Crippen LogP contribution in [-0.4, -0.2) is 14.4 Å². The summed E-state index contributed by atoms with van der Waals surface area (Å²) in [6.07, 6.45) is 1.89. The third kappa shape index (κ3) is 3.31. The summed E-state index contributed by atoms with van der Waals surface area (Å²) in [6, 6.07) is 48.1. The van der Waals surface area contributed by atoms with Gasteiger partial charge in [0.25, 0.3) is 0 Å². The van der Waals surface area contributed by atoms with Crippen LogP contribution in [-0.2, 0) is 0 Å². The van der Waals surface area contributed by atoms with E-state index in [0.29, 0.717) is 0 Å². The van der Waals surface area contributed by atoms with Crippen molar-refractivity contribution in [3.8, 4) is 22.3 Å². The van der Waals surface area contributed by atoms with E-state index in [0.717, 1.165) is 43.9 Å². The van der Waals surface area contributed by atoms with Gasteiger partial charge in [-0.1, -0.05) is 84.9 Å². The third-order valence-electron chi connectivity index (χ3n) is 8.99. The van der Waals surface area contributed by atoms with Crippen LogP contribution < -0.4 is 0 Å². The van der Waals surface area contributed by atoms with Crippen LogP contribution in [0.5, 0.6) is 0 Å². The molecule has 4 aromatic heterocycles. The molecule has 0 fully saturated rings. The van der Waals surface area contributed by atoms with E-state index in [2.05, 4.69) is 132 Å². The fourth-order valence-corrected chi connectivity index (χ4v) is 8.24. The number of para-hydroxylation sites is 2. The van der Waals surface area contributed by atoms with Gasteiger partial charge >= 0.3 is 0 Å². The van der Waals surface area contributed by atoms with Crippen molar-refractivity contribution in [2.24, 2.45) is 0 Å². The SMILES string of the molecule is c1cc(-c2ccc3c(c2)c2c(ccc4cccnc42)c2nc4ccccc4n32)cc(-c2cccc3c2sc2ccccc23)c1. The summed E-state index contributed by atoms with van der Waals surface area (Å²) >= 11 is 1.88. The molecule has 0 bridgehead atoms. The zero-order chi connectivity index (χ0) is 28.8. The minimum atomic E-state index is 0.965. The van der Waals surface area contributed by atoms with E-state index >= 15 is 0 Å². The van der Waals surface area contributed by atoms with Gasteiger partial charge in [-0.3, -0.25) is 9.38 Å². The second kappa shape index (κ2) is 8.96. The predicted octanol–water partition coefficient (Wildman–Crippen LogP) is 11.0. The molecule has 44 heavy (non-hydrogen) atoms. The van der Waals surface area contributed by atoms with Crippen LogP contribution in [0.3, 0.4) is 0 Å². The standard InChI is InChI=1S/C40H23N3S/c1-4-16-36-29(11-1)30-13-6-12-28(39(30)44-36)27-9-5-8-25(22-27)26-18-20-34-32(23-26)37-31(19-17-24-10-7-21-41-38(24)37)40-42-33-14-2-3-15-35(33)43(34)40/h1-23H. The molecule has 0 saturated heterocycles. The molecule has 0 atom stereocenters. The lowest BCUT2D eigenvalue weighted by Crippen LogP contribution is -1.94. The zero-order valence-electron chi connectivity index (χ0n) is 23.5. The van der Waals surface area contributed by atoms with Crippen molar-refractivity contribution in [1.29, 1.82) is 0 Å². The fraction of sp³-hybridized carbons (Fsp3) is 0. The third-order valence-corrected chi connectivity index (χ3v) is 10.2. The molecule has 0 unspecified atom stereocenters. The summed E-state index contributed by atoms with van der Waals surface area (Å²) in [6.45, 7) is 0. The number of thiophene rings is 1. The van der Waals surface area contributed by atoms with Crippen molar-refractivity contribution in [3.05, 3.63) is 140 Å². The molecule has 0 N–H and O–H groups in total. The second-order valence-electron chi connectivity index (χ2n) is 11.4. The van der Waals surface area contributed by atoms with Crippen molar-refractivity contribution in [2.45, 2.75) is 0 Å². The number of hydrogen-bond donors (Lipinski definition) is 0. The monoisotopic (exact) mass is 577 g/mol. The molecule has 0 aliphatic rings. The molecule has 0 saturated carbocycles. The molecular formula is C40H23N3S. The zero-order valence-corrected chi connectivity index (χ0v) is 24.3. The lowest BCUT2D eigenvalue weighted by molar-refractivity contribution is 1.31. The first-order valence-corrected chi connectivity index (χ1v) is 15.6. The van der Waals surface area contributed by atoms with Crippen LogP contribution >= 0.6 is 11.3 Å². The Labute approximate surface area is 256 Å². The van der Waals surface area contributed by atoms with E-state index in [-0.39, 0.29) is 0 Å². The minimum Gasteiger partial charge on any atom is -0.292 e. The van der Waals surface area contributed by atoms with Crippen molar-refractivity contribution in [2.75, 3.05) is 0 Å². The van der Waals surface area contributed by atoms with Gasteiger partial charge < -0.3 is 0 Å². The number of aromatic nitrogens is 3. The lowest BCUT2D eigenvalue weighted by Gasteiger charge is -2.13. The maximum Gasteiger partial charge on any atom is 0.146 e. The van der Waals surface area contributed by atoms with E-state index in [9.17, 15) is 0 Å². The van der Waals surface area contributed by atoms with Gasteiger partial charge in [0, 0.05) is 47.9 Å². The van der Waals surface area contributed by atoms with Crippen LogP contribution in [0.1, 0.15) is 0 Å². The topological polar surface area (TPSA) is 30.2 Å². The van der Waals surface area contributed by atoms with Gasteiger partial charge in [0.1, 0.15) is 5.65 Å². The summed E-state index contributed by atoms with van der Waals surface area (Å²) < 4.78 is 4.97. The highest BCUT2D eigenvalue weighted by Gasteiger charge is 2.17. The van der Waals surface area contributed by atoms with Gasteiger partial charge in [0.05, 0.1) is 22.1 Å². The Bertz CT molecular complexity index is 2790. The number of imidazole rings is 1. The molecule has 4 heteroatoms. The van der Waals surface area contributed by atoms with E-state index in [1.807, 2.05) is 23.6 Å². The first kappa shape index (κ1) is 23.9. The number of nitrogens with zero attached hydrogens (tertiary/aromatic N) is 3. The maximum absolute atomic E-state index is 5.10. The predicted molar refractivity (Wildman–Crippen MR) is 187 cm³/mol. The maximum atomic E-state index is 5.10.